The number of anilines is 1. The van der Waals surface area contributed by atoms with Crippen LogP contribution in [0.25, 0.3) is 11.5 Å². The van der Waals surface area contributed by atoms with Gasteiger partial charge in [-0.2, -0.15) is 0 Å². The van der Waals surface area contributed by atoms with Crippen molar-refractivity contribution in [2.24, 2.45) is 0 Å². The summed E-state index contributed by atoms with van der Waals surface area (Å²) in [5.74, 6) is -0.153. The lowest BCUT2D eigenvalue weighted by Crippen LogP contribution is -2.31. The van der Waals surface area contributed by atoms with Gasteiger partial charge in [0.05, 0.1) is 0 Å². The fourth-order valence-corrected chi connectivity index (χ4v) is 1.45. The van der Waals surface area contributed by atoms with E-state index in [1.165, 1.54) is 29.2 Å². The minimum atomic E-state index is -0.390. The molecule has 0 atom stereocenters. The number of aromatic nitrogens is 2. The van der Waals surface area contributed by atoms with Crippen LogP contribution in [0.5, 0.6) is 0 Å². The minimum absolute atomic E-state index is 0.0229. The summed E-state index contributed by atoms with van der Waals surface area (Å²) >= 11 is 0. The van der Waals surface area contributed by atoms with E-state index in [4.69, 9.17) is 4.42 Å². The van der Waals surface area contributed by atoms with Gasteiger partial charge in [0.15, 0.2) is 0 Å². The second-order valence-corrected chi connectivity index (χ2v) is 4.02. The molecule has 1 aromatic carbocycles. The third-order valence-corrected chi connectivity index (χ3v) is 2.48. The summed E-state index contributed by atoms with van der Waals surface area (Å²) in [6, 6.07) is 5.19. The molecule has 0 unspecified atom stereocenters. The number of benzene rings is 1. The van der Waals surface area contributed by atoms with Gasteiger partial charge >= 0.3 is 12.0 Å². The van der Waals surface area contributed by atoms with Gasteiger partial charge in [0.2, 0.25) is 5.89 Å². The van der Waals surface area contributed by atoms with E-state index >= 15 is 0 Å². The average Bonchev–Trinajstić information content (AvgIpc) is 2.88. The zero-order chi connectivity index (χ0) is 14.5. The number of halogens is 1. The first-order valence-corrected chi connectivity index (χ1v) is 5.82. The lowest BCUT2D eigenvalue weighted by molar-refractivity contribution is 0.226. The molecule has 2 amide bonds. The van der Waals surface area contributed by atoms with E-state index in [1.807, 2.05) is 0 Å². The number of amides is 2. The summed E-state index contributed by atoms with van der Waals surface area (Å²) in [4.78, 5) is 13.1. The van der Waals surface area contributed by atoms with Gasteiger partial charge in [0, 0.05) is 19.2 Å². The fraction of sp³-hybridized carbons (Fsp3) is 0.154. The molecule has 0 radical (unpaired) electrons. The van der Waals surface area contributed by atoms with Crippen LogP contribution in [0.15, 0.2) is 41.3 Å². The van der Waals surface area contributed by atoms with E-state index in [2.05, 4.69) is 22.1 Å². The van der Waals surface area contributed by atoms with Gasteiger partial charge in [-0.1, -0.05) is 11.2 Å². The number of nitrogens with zero attached hydrogens (tertiary/aromatic N) is 3. The van der Waals surface area contributed by atoms with E-state index < -0.39 is 0 Å². The predicted octanol–water partition coefficient (Wildman–Crippen LogP) is 2.53. The highest BCUT2D eigenvalue weighted by atomic mass is 19.1. The molecule has 7 heteroatoms. The molecule has 0 saturated carbocycles. The van der Waals surface area contributed by atoms with Crippen molar-refractivity contribution in [1.82, 2.24) is 15.1 Å². The molecule has 0 bridgehead atoms. The van der Waals surface area contributed by atoms with Gasteiger partial charge in [-0.25, -0.2) is 9.18 Å². The van der Waals surface area contributed by atoms with Gasteiger partial charge in [0.1, 0.15) is 5.82 Å². The van der Waals surface area contributed by atoms with Crippen molar-refractivity contribution in [3.63, 3.8) is 0 Å². The summed E-state index contributed by atoms with van der Waals surface area (Å²) in [6.07, 6.45) is 1.59. The quantitative estimate of drug-likeness (QED) is 0.871. The van der Waals surface area contributed by atoms with Crippen molar-refractivity contribution in [2.45, 2.75) is 0 Å². The first-order valence-electron chi connectivity index (χ1n) is 5.82. The maximum absolute atomic E-state index is 12.8. The highest BCUT2D eigenvalue weighted by molar-refractivity contribution is 5.87. The Bertz CT molecular complexity index is 609. The van der Waals surface area contributed by atoms with Crippen LogP contribution in [0.2, 0.25) is 0 Å². The largest absolute Gasteiger partial charge is 0.403 e. The highest BCUT2D eigenvalue weighted by Crippen LogP contribution is 2.19. The van der Waals surface area contributed by atoms with Crippen LogP contribution < -0.4 is 5.32 Å². The first-order chi connectivity index (χ1) is 9.60. The second kappa shape index (κ2) is 5.96. The van der Waals surface area contributed by atoms with Crippen molar-refractivity contribution in [3.8, 4) is 11.5 Å². The van der Waals surface area contributed by atoms with E-state index in [9.17, 15) is 9.18 Å². The molecule has 0 spiro atoms. The van der Waals surface area contributed by atoms with Crippen LogP contribution in [0.3, 0.4) is 0 Å². The maximum atomic E-state index is 12.8. The Hall–Kier alpha value is -2.70. The topological polar surface area (TPSA) is 71.3 Å². The van der Waals surface area contributed by atoms with Gasteiger partial charge in [-0.05, 0) is 24.3 Å². The van der Waals surface area contributed by atoms with Crippen molar-refractivity contribution < 1.29 is 13.6 Å². The molecular weight excluding hydrogens is 263 g/mol. The molecule has 0 aliphatic carbocycles. The van der Waals surface area contributed by atoms with E-state index in [1.54, 1.807) is 13.1 Å². The van der Waals surface area contributed by atoms with Crippen molar-refractivity contribution in [1.29, 1.82) is 0 Å². The predicted molar refractivity (Wildman–Crippen MR) is 71.5 cm³/mol. The lowest BCUT2D eigenvalue weighted by Gasteiger charge is -2.13. The summed E-state index contributed by atoms with van der Waals surface area (Å²) in [7, 11) is 1.61. The molecule has 0 saturated heterocycles. The molecule has 6 nitrogen and oxygen atoms in total. The summed E-state index contributed by atoms with van der Waals surface area (Å²) in [6.45, 7) is 3.93. The van der Waals surface area contributed by atoms with Gasteiger partial charge in [-0.3, -0.25) is 5.32 Å². The molecule has 20 heavy (non-hydrogen) atoms. The smallest absolute Gasteiger partial charge is 0.325 e. The molecule has 104 valence electrons. The standard InChI is InChI=1S/C13H13FN4O2/c1-3-8-18(2)13(19)15-12-17-16-11(20-12)9-4-6-10(14)7-5-9/h3-7H,1,8H2,2H3,(H,15,17,19). The Morgan fingerprint density at radius 2 is 2.15 bits per heavy atom. The van der Waals surface area contributed by atoms with Crippen LogP contribution in [-0.4, -0.2) is 34.7 Å². The van der Waals surface area contributed by atoms with E-state index in [-0.39, 0.29) is 23.8 Å². The number of likely N-dealkylation sites (N-methyl/N-ethyl adjacent to an activating group) is 1. The third-order valence-electron chi connectivity index (χ3n) is 2.48. The Morgan fingerprint density at radius 1 is 1.45 bits per heavy atom. The monoisotopic (exact) mass is 276 g/mol. The average molecular weight is 276 g/mol. The van der Waals surface area contributed by atoms with Crippen LogP contribution in [0, 0.1) is 5.82 Å². The Kier molecular flexibility index (Phi) is 4.09. The second-order valence-electron chi connectivity index (χ2n) is 4.02. The molecule has 2 rings (SSSR count). The fourth-order valence-electron chi connectivity index (χ4n) is 1.45. The Balaban J connectivity index is 2.07. The summed E-state index contributed by atoms with van der Waals surface area (Å²) < 4.78 is 18.1. The van der Waals surface area contributed by atoms with Crippen molar-refractivity contribution >= 4 is 12.0 Å². The molecule has 0 fully saturated rings. The molecule has 1 N–H and O–H groups in total. The zero-order valence-electron chi connectivity index (χ0n) is 10.8. The number of urea groups is 1. The zero-order valence-corrected chi connectivity index (χ0v) is 10.8. The summed E-state index contributed by atoms with van der Waals surface area (Å²) in [5.41, 5.74) is 0.568. The Morgan fingerprint density at radius 3 is 2.80 bits per heavy atom. The Labute approximate surface area is 114 Å². The number of carbonyl (C=O) groups excluding carboxylic acids is 1. The van der Waals surface area contributed by atoms with E-state index in [0.29, 0.717) is 12.1 Å². The van der Waals surface area contributed by atoms with Gasteiger partial charge in [-0.15, -0.1) is 11.7 Å². The number of nitrogens with one attached hydrogen (secondary N) is 1. The first kappa shape index (κ1) is 13.7. The molecule has 2 aromatic rings. The van der Waals surface area contributed by atoms with Gasteiger partial charge < -0.3 is 9.32 Å². The molecule has 0 aliphatic heterocycles. The molecular formula is C13H13FN4O2. The highest BCUT2D eigenvalue weighted by Gasteiger charge is 2.13. The SMILES string of the molecule is C=CCN(C)C(=O)Nc1nnc(-c2ccc(F)cc2)o1. The summed E-state index contributed by atoms with van der Waals surface area (Å²) in [5, 5.41) is 9.94. The third kappa shape index (κ3) is 3.19. The number of rotatable bonds is 4. The van der Waals surface area contributed by atoms with E-state index in [0.717, 1.165) is 0 Å². The van der Waals surface area contributed by atoms with Crippen LogP contribution in [0.4, 0.5) is 15.2 Å². The molecule has 0 aliphatic rings. The van der Waals surface area contributed by atoms with Crippen LogP contribution >= 0.6 is 0 Å². The van der Waals surface area contributed by atoms with Crippen LogP contribution in [0.1, 0.15) is 0 Å². The maximum Gasteiger partial charge on any atom is 0.325 e. The van der Waals surface area contributed by atoms with Crippen molar-refractivity contribution in [3.05, 3.63) is 42.7 Å². The minimum Gasteiger partial charge on any atom is -0.403 e. The number of hydrogen-bond donors (Lipinski definition) is 1. The number of carbonyl (C=O) groups is 1. The van der Waals surface area contributed by atoms with Gasteiger partial charge in [0.25, 0.3) is 0 Å². The normalized spacial score (nSPS) is 10.1. The number of hydrogen-bond acceptors (Lipinski definition) is 4. The van der Waals surface area contributed by atoms with Crippen molar-refractivity contribution in [2.75, 3.05) is 18.9 Å². The molecule has 1 heterocycles. The molecule has 1 aromatic heterocycles. The van der Waals surface area contributed by atoms with Crippen LogP contribution in [-0.2, 0) is 0 Å². The lowest BCUT2D eigenvalue weighted by atomic mass is 10.2.